The smallest absolute Gasteiger partial charge is 0.323 e. The zero-order valence-corrected chi connectivity index (χ0v) is 11.4. The van der Waals surface area contributed by atoms with Crippen molar-refractivity contribution in [2.24, 2.45) is 5.92 Å². The highest BCUT2D eigenvalue weighted by Crippen LogP contribution is 2.15. The van der Waals surface area contributed by atoms with E-state index < -0.39 is 5.97 Å². The third-order valence-corrected chi connectivity index (χ3v) is 3.06. The average Bonchev–Trinajstić information content (AvgIpc) is 2.38. The summed E-state index contributed by atoms with van der Waals surface area (Å²) in [5.74, 6) is -0.692. The molecule has 1 rings (SSSR count). The van der Waals surface area contributed by atoms with Crippen LogP contribution in [0.25, 0.3) is 0 Å². The Labute approximate surface area is 113 Å². The van der Waals surface area contributed by atoms with E-state index in [0.717, 1.165) is 19.4 Å². The number of aliphatic carboxylic acids is 1. The Morgan fingerprint density at radius 2 is 2.26 bits per heavy atom. The lowest BCUT2D eigenvalue weighted by atomic mass is 10.0. The Balaban J connectivity index is 2.51. The average molecular weight is 270 g/mol. The van der Waals surface area contributed by atoms with Crippen molar-refractivity contribution in [3.8, 4) is 0 Å². The van der Waals surface area contributed by atoms with Gasteiger partial charge in [0.2, 0.25) is 0 Å². The molecule has 0 aromatic heterocycles. The Hall–Kier alpha value is -1.56. The predicted octanol–water partition coefficient (Wildman–Crippen LogP) is 1.04. The second kappa shape index (κ2) is 7.78. The van der Waals surface area contributed by atoms with Gasteiger partial charge in [-0.2, -0.15) is 0 Å². The lowest BCUT2D eigenvalue weighted by Crippen LogP contribution is -2.46. The summed E-state index contributed by atoms with van der Waals surface area (Å²) in [6.45, 7) is 5.50. The molecule has 1 saturated heterocycles. The standard InChI is InChI=1S/C13H22N2O4/c1-3-6-15(9-12(16)17)13(18)14(2)8-11-5-4-7-19-10-11/h3,11H,1,4-10H2,2H3,(H,16,17). The first kappa shape index (κ1) is 15.5. The summed E-state index contributed by atoms with van der Waals surface area (Å²) in [4.78, 5) is 25.7. The monoisotopic (exact) mass is 270 g/mol. The van der Waals surface area contributed by atoms with Crippen molar-refractivity contribution in [3.05, 3.63) is 12.7 Å². The molecule has 6 nitrogen and oxygen atoms in total. The number of carbonyl (C=O) groups excluding carboxylic acids is 1. The first-order valence-corrected chi connectivity index (χ1v) is 6.45. The fourth-order valence-corrected chi connectivity index (χ4v) is 2.19. The van der Waals surface area contributed by atoms with Gasteiger partial charge in [0, 0.05) is 32.7 Å². The third-order valence-electron chi connectivity index (χ3n) is 3.06. The third kappa shape index (κ3) is 5.30. The Morgan fingerprint density at radius 1 is 1.53 bits per heavy atom. The minimum atomic E-state index is -1.02. The predicted molar refractivity (Wildman–Crippen MR) is 71.0 cm³/mol. The lowest BCUT2D eigenvalue weighted by Gasteiger charge is -2.30. The normalized spacial score (nSPS) is 18.7. The van der Waals surface area contributed by atoms with Crippen LogP contribution in [0.4, 0.5) is 4.79 Å². The molecule has 1 N–H and O–H groups in total. The molecule has 0 saturated carbocycles. The van der Waals surface area contributed by atoms with Crippen molar-refractivity contribution in [3.63, 3.8) is 0 Å². The number of carbonyl (C=O) groups is 2. The van der Waals surface area contributed by atoms with Gasteiger partial charge in [-0.3, -0.25) is 4.79 Å². The molecule has 0 bridgehead atoms. The van der Waals surface area contributed by atoms with E-state index in [0.29, 0.717) is 19.1 Å². The van der Waals surface area contributed by atoms with Crippen LogP contribution in [0, 0.1) is 5.92 Å². The van der Waals surface area contributed by atoms with Crippen LogP contribution in [-0.4, -0.2) is 66.8 Å². The van der Waals surface area contributed by atoms with Crippen molar-refractivity contribution >= 4 is 12.0 Å². The highest BCUT2D eigenvalue weighted by molar-refractivity contribution is 5.80. The van der Waals surface area contributed by atoms with Crippen molar-refractivity contribution in [2.45, 2.75) is 12.8 Å². The van der Waals surface area contributed by atoms with Gasteiger partial charge in [-0.1, -0.05) is 6.08 Å². The number of carboxylic acid groups (broad SMARTS) is 1. The van der Waals surface area contributed by atoms with Gasteiger partial charge in [-0.05, 0) is 12.8 Å². The molecule has 108 valence electrons. The molecule has 0 aliphatic carbocycles. The fraction of sp³-hybridized carbons (Fsp3) is 0.692. The number of nitrogens with zero attached hydrogens (tertiary/aromatic N) is 2. The number of hydrogen-bond donors (Lipinski definition) is 1. The number of urea groups is 1. The molecule has 19 heavy (non-hydrogen) atoms. The van der Waals surface area contributed by atoms with E-state index in [4.69, 9.17) is 9.84 Å². The molecule has 1 fully saturated rings. The van der Waals surface area contributed by atoms with Gasteiger partial charge in [0.05, 0.1) is 6.61 Å². The summed E-state index contributed by atoms with van der Waals surface area (Å²) in [7, 11) is 1.69. The molecule has 2 amide bonds. The Bertz CT molecular complexity index is 327. The van der Waals surface area contributed by atoms with E-state index in [1.165, 1.54) is 11.0 Å². The van der Waals surface area contributed by atoms with Crippen LogP contribution in [-0.2, 0) is 9.53 Å². The quantitative estimate of drug-likeness (QED) is 0.732. The van der Waals surface area contributed by atoms with Crippen LogP contribution >= 0.6 is 0 Å². The maximum atomic E-state index is 12.1. The van der Waals surface area contributed by atoms with Crippen molar-refractivity contribution in [2.75, 3.05) is 39.9 Å². The van der Waals surface area contributed by atoms with Crippen LogP contribution in [0.15, 0.2) is 12.7 Å². The highest BCUT2D eigenvalue weighted by Gasteiger charge is 2.23. The molecule has 0 spiro atoms. The van der Waals surface area contributed by atoms with E-state index in [-0.39, 0.29) is 19.1 Å². The number of carboxylic acids is 1. The first-order chi connectivity index (χ1) is 9.04. The molecular formula is C13H22N2O4. The first-order valence-electron chi connectivity index (χ1n) is 6.45. The zero-order valence-electron chi connectivity index (χ0n) is 11.4. The van der Waals surface area contributed by atoms with Gasteiger partial charge in [0.15, 0.2) is 0 Å². The van der Waals surface area contributed by atoms with Crippen LogP contribution < -0.4 is 0 Å². The Morgan fingerprint density at radius 3 is 2.79 bits per heavy atom. The summed E-state index contributed by atoms with van der Waals surface area (Å²) < 4.78 is 5.37. The Kier molecular flexibility index (Phi) is 6.35. The van der Waals surface area contributed by atoms with Gasteiger partial charge in [0.25, 0.3) is 0 Å². The van der Waals surface area contributed by atoms with E-state index in [1.54, 1.807) is 11.9 Å². The SMILES string of the molecule is C=CCN(CC(=O)O)C(=O)N(C)CC1CCCOC1. The van der Waals surface area contributed by atoms with Crippen molar-refractivity contribution in [1.29, 1.82) is 0 Å². The van der Waals surface area contributed by atoms with Gasteiger partial charge in [0.1, 0.15) is 6.54 Å². The van der Waals surface area contributed by atoms with E-state index >= 15 is 0 Å². The minimum Gasteiger partial charge on any atom is -0.480 e. The van der Waals surface area contributed by atoms with Crippen LogP contribution in [0.1, 0.15) is 12.8 Å². The maximum absolute atomic E-state index is 12.1. The zero-order chi connectivity index (χ0) is 14.3. The molecule has 1 atom stereocenters. The molecule has 0 aromatic rings. The maximum Gasteiger partial charge on any atom is 0.323 e. The van der Waals surface area contributed by atoms with Gasteiger partial charge in [-0.25, -0.2) is 4.79 Å². The number of ether oxygens (including phenoxy) is 1. The summed E-state index contributed by atoms with van der Waals surface area (Å²) >= 11 is 0. The highest BCUT2D eigenvalue weighted by atomic mass is 16.5. The van der Waals surface area contributed by atoms with Crippen LogP contribution in [0.2, 0.25) is 0 Å². The summed E-state index contributed by atoms with van der Waals surface area (Å²) in [5.41, 5.74) is 0. The van der Waals surface area contributed by atoms with Crippen molar-refractivity contribution < 1.29 is 19.4 Å². The summed E-state index contributed by atoms with van der Waals surface area (Å²) in [6.07, 6.45) is 3.58. The topological polar surface area (TPSA) is 70.1 Å². The fourth-order valence-electron chi connectivity index (χ4n) is 2.19. The van der Waals surface area contributed by atoms with Crippen molar-refractivity contribution in [1.82, 2.24) is 9.80 Å². The largest absolute Gasteiger partial charge is 0.480 e. The molecule has 0 radical (unpaired) electrons. The van der Waals surface area contributed by atoms with Gasteiger partial charge >= 0.3 is 12.0 Å². The number of rotatable bonds is 6. The molecule has 6 heteroatoms. The second-order valence-electron chi connectivity index (χ2n) is 4.81. The molecule has 0 aromatic carbocycles. The molecule has 1 unspecified atom stereocenters. The van der Waals surface area contributed by atoms with Gasteiger partial charge in [-0.15, -0.1) is 6.58 Å². The van der Waals surface area contributed by atoms with E-state index in [9.17, 15) is 9.59 Å². The molecule has 1 heterocycles. The van der Waals surface area contributed by atoms with Crippen LogP contribution in [0.5, 0.6) is 0 Å². The van der Waals surface area contributed by atoms with E-state index in [2.05, 4.69) is 6.58 Å². The lowest BCUT2D eigenvalue weighted by molar-refractivity contribution is -0.137. The summed E-state index contributed by atoms with van der Waals surface area (Å²) in [6, 6.07) is -0.284. The van der Waals surface area contributed by atoms with Crippen LogP contribution in [0.3, 0.4) is 0 Å². The second-order valence-corrected chi connectivity index (χ2v) is 4.81. The summed E-state index contributed by atoms with van der Waals surface area (Å²) in [5, 5.41) is 8.80. The molecule has 1 aliphatic rings. The molecular weight excluding hydrogens is 248 g/mol. The number of hydrogen-bond acceptors (Lipinski definition) is 3. The van der Waals surface area contributed by atoms with Gasteiger partial charge < -0.3 is 19.6 Å². The van der Waals surface area contributed by atoms with E-state index in [1.807, 2.05) is 0 Å². The minimum absolute atomic E-state index is 0.233. The molecule has 1 aliphatic heterocycles. The number of amides is 2.